The van der Waals surface area contributed by atoms with E-state index in [1.165, 1.54) is 0 Å². The molecule has 20 heavy (non-hydrogen) atoms. The van der Waals surface area contributed by atoms with Crippen LogP contribution in [0.4, 0.5) is 0 Å². The summed E-state index contributed by atoms with van der Waals surface area (Å²) >= 11 is 0. The second-order valence-corrected chi connectivity index (χ2v) is 5.84. The van der Waals surface area contributed by atoms with Gasteiger partial charge in [-0.2, -0.15) is 0 Å². The van der Waals surface area contributed by atoms with Crippen molar-refractivity contribution in [2.75, 3.05) is 53.7 Å². The Balaban J connectivity index is 1.94. The maximum absolute atomic E-state index is 12.6. The number of nitrogens with one attached hydrogen (secondary N) is 2. The van der Waals surface area contributed by atoms with E-state index in [0.29, 0.717) is 26.4 Å². The van der Waals surface area contributed by atoms with Gasteiger partial charge in [0.05, 0.1) is 18.6 Å². The lowest BCUT2D eigenvalue weighted by Crippen LogP contribution is -2.54. The average Bonchev–Trinajstić information content (AvgIpc) is 2.95. The van der Waals surface area contributed by atoms with Crippen molar-refractivity contribution in [3.63, 3.8) is 0 Å². The first-order valence-corrected chi connectivity index (χ1v) is 7.27. The van der Waals surface area contributed by atoms with Crippen LogP contribution in [0.1, 0.15) is 19.3 Å². The van der Waals surface area contributed by atoms with Crippen molar-refractivity contribution in [3.05, 3.63) is 0 Å². The zero-order valence-electron chi connectivity index (χ0n) is 12.5. The molecule has 2 fully saturated rings. The van der Waals surface area contributed by atoms with E-state index < -0.39 is 5.41 Å². The lowest BCUT2D eigenvalue weighted by Gasteiger charge is -2.36. The fourth-order valence-electron chi connectivity index (χ4n) is 3.01. The number of hydrogen-bond acceptors (Lipinski definition) is 5. The first-order chi connectivity index (χ1) is 9.66. The van der Waals surface area contributed by atoms with Crippen LogP contribution < -0.4 is 10.6 Å². The molecule has 0 saturated carbocycles. The van der Waals surface area contributed by atoms with Crippen LogP contribution in [0, 0.1) is 5.41 Å². The lowest BCUT2D eigenvalue weighted by atomic mass is 9.78. The van der Waals surface area contributed by atoms with Gasteiger partial charge in [0.25, 0.3) is 0 Å². The molecule has 2 aliphatic heterocycles. The molecule has 0 aromatic rings. The summed E-state index contributed by atoms with van der Waals surface area (Å²) in [6.07, 6.45) is 2.44. The minimum atomic E-state index is -0.408. The molecule has 2 heterocycles. The Labute approximate surface area is 120 Å². The molecule has 116 valence electrons. The van der Waals surface area contributed by atoms with Gasteiger partial charge in [-0.05, 0) is 25.9 Å². The van der Waals surface area contributed by atoms with Crippen LogP contribution in [0.15, 0.2) is 0 Å². The Kier molecular flexibility index (Phi) is 5.37. The lowest BCUT2D eigenvalue weighted by molar-refractivity contribution is -0.137. The van der Waals surface area contributed by atoms with Gasteiger partial charge in [-0.1, -0.05) is 0 Å². The number of rotatable bonds is 6. The summed E-state index contributed by atoms with van der Waals surface area (Å²) in [6.45, 7) is 3.92. The second kappa shape index (κ2) is 6.85. The van der Waals surface area contributed by atoms with Gasteiger partial charge in [0.2, 0.25) is 5.91 Å². The van der Waals surface area contributed by atoms with E-state index in [0.717, 1.165) is 32.4 Å². The van der Waals surface area contributed by atoms with Gasteiger partial charge in [0.15, 0.2) is 0 Å². The number of amides is 1. The van der Waals surface area contributed by atoms with Crippen molar-refractivity contribution in [1.82, 2.24) is 10.6 Å². The number of carbonyl (C=O) groups is 1. The molecule has 0 spiro atoms. The summed E-state index contributed by atoms with van der Waals surface area (Å²) in [5.74, 6) is 0.0733. The third-order valence-corrected chi connectivity index (χ3v) is 4.53. The Morgan fingerprint density at radius 1 is 1.30 bits per heavy atom. The number of carbonyl (C=O) groups excluding carboxylic acids is 1. The molecule has 0 aliphatic carbocycles. The van der Waals surface area contributed by atoms with E-state index in [-0.39, 0.29) is 11.5 Å². The fraction of sp³-hybridized carbons (Fsp3) is 0.929. The van der Waals surface area contributed by atoms with Gasteiger partial charge >= 0.3 is 0 Å². The number of hydrogen-bond donors (Lipinski definition) is 2. The summed E-state index contributed by atoms with van der Waals surface area (Å²) < 4.78 is 16.2. The standard InChI is InChI=1S/C14H26N2O4/c1-18-10-13(3-6-15-7-4-13)12(17)16-9-14(19-2)5-8-20-11-14/h15H,3-11H2,1-2H3,(H,16,17). The van der Waals surface area contributed by atoms with Crippen molar-refractivity contribution in [2.24, 2.45) is 5.41 Å². The zero-order valence-corrected chi connectivity index (χ0v) is 12.5. The highest BCUT2D eigenvalue weighted by atomic mass is 16.5. The molecule has 2 saturated heterocycles. The Hall–Kier alpha value is -0.690. The molecule has 1 unspecified atom stereocenters. The fourth-order valence-corrected chi connectivity index (χ4v) is 3.01. The Morgan fingerprint density at radius 2 is 2.05 bits per heavy atom. The van der Waals surface area contributed by atoms with Crippen molar-refractivity contribution >= 4 is 5.91 Å². The summed E-state index contributed by atoms with van der Waals surface area (Å²) in [6, 6.07) is 0. The van der Waals surface area contributed by atoms with Crippen molar-refractivity contribution in [3.8, 4) is 0 Å². The van der Waals surface area contributed by atoms with E-state index in [1.54, 1.807) is 14.2 Å². The third-order valence-electron chi connectivity index (χ3n) is 4.53. The topological polar surface area (TPSA) is 68.8 Å². The first-order valence-electron chi connectivity index (χ1n) is 7.27. The van der Waals surface area contributed by atoms with Gasteiger partial charge in [-0.3, -0.25) is 4.79 Å². The first kappa shape index (κ1) is 15.7. The van der Waals surface area contributed by atoms with Crippen molar-refractivity contribution in [1.29, 1.82) is 0 Å². The Morgan fingerprint density at radius 3 is 2.60 bits per heavy atom. The maximum Gasteiger partial charge on any atom is 0.228 e. The molecular formula is C14H26N2O4. The molecule has 0 radical (unpaired) electrons. The average molecular weight is 286 g/mol. The highest BCUT2D eigenvalue weighted by Crippen LogP contribution is 2.30. The summed E-state index contributed by atoms with van der Waals surface area (Å²) in [4.78, 5) is 12.6. The van der Waals surface area contributed by atoms with Crippen LogP contribution in [0.25, 0.3) is 0 Å². The monoisotopic (exact) mass is 286 g/mol. The van der Waals surface area contributed by atoms with Crippen LogP contribution in [-0.4, -0.2) is 65.2 Å². The quantitative estimate of drug-likeness (QED) is 0.715. The van der Waals surface area contributed by atoms with E-state index in [9.17, 15) is 4.79 Å². The number of ether oxygens (including phenoxy) is 3. The predicted molar refractivity (Wildman–Crippen MR) is 74.6 cm³/mol. The Bertz CT molecular complexity index is 318. The molecule has 2 N–H and O–H groups in total. The molecule has 1 amide bonds. The zero-order chi connectivity index (χ0) is 14.5. The normalized spacial score (nSPS) is 29.3. The maximum atomic E-state index is 12.6. The van der Waals surface area contributed by atoms with Gasteiger partial charge in [0.1, 0.15) is 5.60 Å². The van der Waals surface area contributed by atoms with Crippen molar-refractivity contribution in [2.45, 2.75) is 24.9 Å². The van der Waals surface area contributed by atoms with Crippen LogP contribution >= 0.6 is 0 Å². The molecule has 1 atom stereocenters. The highest BCUT2D eigenvalue weighted by Gasteiger charge is 2.42. The van der Waals surface area contributed by atoms with E-state index >= 15 is 0 Å². The van der Waals surface area contributed by atoms with Crippen LogP contribution in [-0.2, 0) is 19.0 Å². The molecule has 6 nitrogen and oxygen atoms in total. The minimum absolute atomic E-state index is 0.0733. The summed E-state index contributed by atoms with van der Waals surface area (Å²) in [5.41, 5.74) is -0.773. The number of piperidine rings is 1. The van der Waals surface area contributed by atoms with Crippen LogP contribution in [0.3, 0.4) is 0 Å². The van der Waals surface area contributed by atoms with Gasteiger partial charge in [0, 0.05) is 33.8 Å². The smallest absolute Gasteiger partial charge is 0.228 e. The molecule has 0 aromatic heterocycles. The van der Waals surface area contributed by atoms with Gasteiger partial charge in [-0.15, -0.1) is 0 Å². The van der Waals surface area contributed by atoms with Gasteiger partial charge < -0.3 is 24.8 Å². The SMILES string of the molecule is COCC1(C(=O)NCC2(OC)CCOC2)CCNCC1. The molecule has 2 rings (SSSR count). The predicted octanol–water partition coefficient (Wildman–Crippen LogP) is -0.0757. The van der Waals surface area contributed by atoms with E-state index in [4.69, 9.17) is 14.2 Å². The molecule has 2 aliphatic rings. The largest absolute Gasteiger partial charge is 0.384 e. The van der Waals surface area contributed by atoms with Gasteiger partial charge in [-0.25, -0.2) is 0 Å². The van der Waals surface area contributed by atoms with Crippen LogP contribution in [0.5, 0.6) is 0 Å². The molecule has 0 aromatic carbocycles. The molecule has 0 bridgehead atoms. The summed E-state index contributed by atoms with van der Waals surface area (Å²) in [5, 5.41) is 6.35. The van der Waals surface area contributed by atoms with Crippen molar-refractivity contribution < 1.29 is 19.0 Å². The number of methoxy groups -OCH3 is 2. The minimum Gasteiger partial charge on any atom is -0.384 e. The van der Waals surface area contributed by atoms with E-state index in [2.05, 4.69) is 10.6 Å². The molecule has 6 heteroatoms. The molecular weight excluding hydrogens is 260 g/mol. The highest BCUT2D eigenvalue weighted by molar-refractivity contribution is 5.83. The summed E-state index contributed by atoms with van der Waals surface area (Å²) in [7, 11) is 3.33. The van der Waals surface area contributed by atoms with E-state index in [1.807, 2.05) is 0 Å². The van der Waals surface area contributed by atoms with Crippen LogP contribution in [0.2, 0.25) is 0 Å². The second-order valence-electron chi connectivity index (χ2n) is 5.84. The third kappa shape index (κ3) is 3.31.